The molecule has 0 spiro atoms. The normalized spacial score (nSPS) is 14.7. The van der Waals surface area contributed by atoms with Crippen LogP contribution in [-0.4, -0.2) is 36.0 Å². The smallest absolute Gasteiger partial charge is 0.335 e. The monoisotopic (exact) mass is 481 g/mol. The first-order chi connectivity index (χ1) is 16.8. The van der Waals surface area contributed by atoms with E-state index in [-0.39, 0.29) is 16.9 Å². The topological polar surface area (TPSA) is 128 Å². The van der Waals surface area contributed by atoms with Crippen molar-refractivity contribution in [3.05, 3.63) is 63.7 Å². The molecule has 0 radical (unpaired) electrons. The van der Waals surface area contributed by atoms with E-state index in [9.17, 15) is 24.5 Å². The summed E-state index contributed by atoms with van der Waals surface area (Å²) in [6.07, 6.45) is 5.63. The minimum atomic E-state index is -0.937. The van der Waals surface area contributed by atoms with E-state index in [1.807, 2.05) is 6.92 Å². The molecule has 3 rings (SSSR count). The Bertz CT molecular complexity index is 1140. The molecule has 0 aromatic heterocycles. The quantitative estimate of drug-likeness (QED) is 0.163. The van der Waals surface area contributed by atoms with E-state index in [1.165, 1.54) is 30.3 Å². The van der Waals surface area contributed by atoms with Crippen LogP contribution in [-0.2, 0) is 9.59 Å². The van der Waals surface area contributed by atoms with Gasteiger partial charge >= 0.3 is 6.03 Å². The zero-order chi connectivity index (χ0) is 25.4. The molecular weight excluding hydrogens is 454 g/mol. The van der Waals surface area contributed by atoms with E-state index < -0.39 is 22.8 Å². The molecule has 10 nitrogen and oxygen atoms in total. The Morgan fingerprint density at radius 1 is 0.971 bits per heavy atom. The molecule has 2 aromatic carbocycles. The Hall–Kier alpha value is -4.21. The van der Waals surface area contributed by atoms with Gasteiger partial charge in [0.25, 0.3) is 17.5 Å². The van der Waals surface area contributed by atoms with Crippen LogP contribution in [0.3, 0.4) is 0 Å². The average Bonchev–Trinajstić information content (AvgIpc) is 2.83. The summed E-state index contributed by atoms with van der Waals surface area (Å²) < 4.78 is 11.5. The van der Waals surface area contributed by atoms with Gasteiger partial charge in [0.15, 0.2) is 11.5 Å². The maximum Gasteiger partial charge on any atom is 0.335 e. The van der Waals surface area contributed by atoms with Gasteiger partial charge in [0.1, 0.15) is 5.57 Å². The molecule has 184 valence electrons. The maximum absolute atomic E-state index is 13.1. The van der Waals surface area contributed by atoms with Crippen molar-refractivity contribution in [3.63, 3.8) is 0 Å². The summed E-state index contributed by atoms with van der Waals surface area (Å²) in [7, 11) is 0. The first-order valence-electron chi connectivity index (χ1n) is 11.4. The molecule has 1 heterocycles. The van der Waals surface area contributed by atoms with Crippen LogP contribution in [0.2, 0.25) is 0 Å². The number of amides is 4. The number of hydrogen-bond donors (Lipinski definition) is 1. The molecule has 1 aliphatic heterocycles. The van der Waals surface area contributed by atoms with Gasteiger partial charge in [-0.05, 0) is 49.2 Å². The second kappa shape index (κ2) is 11.8. The van der Waals surface area contributed by atoms with Crippen molar-refractivity contribution < 1.29 is 28.8 Å². The number of carbonyl (C=O) groups excluding carboxylic acids is 3. The van der Waals surface area contributed by atoms with Gasteiger partial charge in [0, 0.05) is 12.1 Å². The summed E-state index contributed by atoms with van der Waals surface area (Å²) in [6.45, 7) is 4.92. The van der Waals surface area contributed by atoms with Gasteiger partial charge in [-0.25, -0.2) is 9.69 Å². The number of barbiturate groups is 1. The van der Waals surface area contributed by atoms with E-state index >= 15 is 0 Å². The Balaban J connectivity index is 1.85. The van der Waals surface area contributed by atoms with E-state index in [0.29, 0.717) is 30.3 Å². The number of ether oxygens (including phenoxy) is 2. The number of nitro groups is 1. The van der Waals surface area contributed by atoms with Crippen molar-refractivity contribution in [1.29, 1.82) is 0 Å². The molecule has 0 aliphatic carbocycles. The molecule has 1 aliphatic rings. The van der Waals surface area contributed by atoms with Crippen LogP contribution in [0.4, 0.5) is 16.2 Å². The van der Waals surface area contributed by atoms with Crippen molar-refractivity contribution in [1.82, 2.24) is 5.32 Å². The van der Waals surface area contributed by atoms with Gasteiger partial charge in [-0.1, -0.05) is 32.3 Å². The largest absolute Gasteiger partial charge is 0.490 e. The summed E-state index contributed by atoms with van der Waals surface area (Å²) in [5.41, 5.74) is 0.141. The fraction of sp³-hybridized carbons (Fsp3) is 0.320. The Morgan fingerprint density at radius 2 is 1.71 bits per heavy atom. The number of benzene rings is 2. The summed E-state index contributed by atoms with van der Waals surface area (Å²) in [5.74, 6) is -0.647. The Labute approximate surface area is 202 Å². The molecule has 1 N–H and O–H groups in total. The number of hydrogen-bond acceptors (Lipinski definition) is 7. The van der Waals surface area contributed by atoms with Gasteiger partial charge in [-0.2, -0.15) is 0 Å². The fourth-order valence-corrected chi connectivity index (χ4v) is 3.49. The van der Waals surface area contributed by atoms with Crippen molar-refractivity contribution in [3.8, 4) is 11.5 Å². The molecule has 1 fully saturated rings. The van der Waals surface area contributed by atoms with Crippen LogP contribution in [0.1, 0.15) is 45.1 Å². The Morgan fingerprint density at radius 3 is 2.37 bits per heavy atom. The molecule has 0 unspecified atom stereocenters. The van der Waals surface area contributed by atoms with Gasteiger partial charge in [0.2, 0.25) is 0 Å². The summed E-state index contributed by atoms with van der Waals surface area (Å²) >= 11 is 0. The first kappa shape index (κ1) is 25.4. The van der Waals surface area contributed by atoms with Crippen LogP contribution < -0.4 is 19.7 Å². The van der Waals surface area contributed by atoms with E-state index in [4.69, 9.17) is 9.47 Å². The third-order valence-electron chi connectivity index (χ3n) is 5.25. The number of urea groups is 1. The number of non-ortho nitro benzene ring substituents is 1. The first-order valence-corrected chi connectivity index (χ1v) is 11.4. The highest BCUT2D eigenvalue weighted by Gasteiger charge is 2.37. The summed E-state index contributed by atoms with van der Waals surface area (Å²) in [4.78, 5) is 48.9. The van der Waals surface area contributed by atoms with Crippen LogP contribution in [0.15, 0.2) is 48.0 Å². The van der Waals surface area contributed by atoms with Crippen LogP contribution in [0, 0.1) is 10.1 Å². The molecule has 0 atom stereocenters. The summed E-state index contributed by atoms with van der Waals surface area (Å²) in [5, 5.41) is 13.0. The lowest BCUT2D eigenvalue weighted by atomic mass is 10.1. The number of rotatable bonds is 11. The van der Waals surface area contributed by atoms with Crippen molar-refractivity contribution in [2.45, 2.75) is 39.5 Å². The zero-order valence-corrected chi connectivity index (χ0v) is 19.6. The fourth-order valence-electron chi connectivity index (χ4n) is 3.49. The van der Waals surface area contributed by atoms with Crippen molar-refractivity contribution in [2.75, 3.05) is 18.1 Å². The molecule has 4 amide bonds. The third kappa shape index (κ3) is 6.23. The summed E-state index contributed by atoms with van der Waals surface area (Å²) in [6, 6.07) is 8.99. The highest BCUT2D eigenvalue weighted by Crippen LogP contribution is 2.31. The van der Waals surface area contributed by atoms with Gasteiger partial charge in [0.05, 0.1) is 23.8 Å². The van der Waals surface area contributed by atoms with E-state index in [0.717, 1.165) is 30.6 Å². The molecule has 0 bridgehead atoms. The number of nitrogens with zero attached hydrogens (tertiary/aromatic N) is 2. The molecule has 1 saturated heterocycles. The second-order valence-corrected chi connectivity index (χ2v) is 7.78. The minimum absolute atomic E-state index is 0.0957. The van der Waals surface area contributed by atoms with Crippen LogP contribution in [0.25, 0.3) is 6.08 Å². The van der Waals surface area contributed by atoms with Gasteiger partial charge < -0.3 is 9.47 Å². The van der Waals surface area contributed by atoms with E-state index in [2.05, 4.69) is 12.2 Å². The van der Waals surface area contributed by atoms with Crippen LogP contribution >= 0.6 is 0 Å². The molecular formula is C25H27N3O7. The van der Waals surface area contributed by atoms with Crippen LogP contribution in [0.5, 0.6) is 11.5 Å². The number of nitro benzene ring substituents is 1. The lowest BCUT2D eigenvalue weighted by Crippen LogP contribution is -2.54. The number of unbranched alkanes of at least 4 members (excludes halogenated alkanes) is 3. The predicted octanol–water partition coefficient (Wildman–Crippen LogP) is 4.62. The zero-order valence-electron chi connectivity index (χ0n) is 19.6. The lowest BCUT2D eigenvalue weighted by molar-refractivity contribution is -0.384. The molecule has 35 heavy (non-hydrogen) atoms. The number of nitrogens with one attached hydrogen (secondary N) is 1. The maximum atomic E-state index is 13.1. The highest BCUT2D eigenvalue weighted by atomic mass is 16.6. The molecule has 0 saturated carbocycles. The SMILES string of the molecule is CCCCCCOc1ccc(/C=C2/C(=O)NC(=O)N(c3ccc([N+](=O)[O-])cc3)C2=O)cc1OCC. The van der Waals surface area contributed by atoms with E-state index in [1.54, 1.807) is 18.2 Å². The minimum Gasteiger partial charge on any atom is -0.490 e. The lowest BCUT2D eigenvalue weighted by Gasteiger charge is -2.26. The number of carbonyl (C=O) groups is 3. The highest BCUT2D eigenvalue weighted by molar-refractivity contribution is 6.39. The number of anilines is 1. The average molecular weight is 482 g/mol. The third-order valence-corrected chi connectivity index (χ3v) is 5.25. The standard InChI is InChI=1S/C25H27N3O7/c1-3-5-6-7-14-35-21-13-8-17(16-22(21)34-4-2)15-20-23(29)26-25(31)27(24(20)30)18-9-11-19(12-10-18)28(32)33/h8-13,15-16H,3-7,14H2,1-2H3,(H,26,29,31)/b20-15-. The second-order valence-electron chi connectivity index (χ2n) is 7.78. The van der Waals surface area contributed by atoms with Gasteiger partial charge in [-0.15, -0.1) is 0 Å². The Kier molecular flexibility index (Phi) is 8.55. The van der Waals surface area contributed by atoms with Gasteiger partial charge in [-0.3, -0.25) is 25.0 Å². The molecule has 2 aromatic rings. The predicted molar refractivity (Wildman–Crippen MR) is 129 cm³/mol. The van der Waals surface area contributed by atoms with Crippen molar-refractivity contribution in [2.24, 2.45) is 0 Å². The molecule has 10 heteroatoms. The number of imide groups is 2. The van der Waals surface area contributed by atoms with Crippen molar-refractivity contribution >= 4 is 35.3 Å².